The molecule has 0 radical (unpaired) electrons. The summed E-state index contributed by atoms with van der Waals surface area (Å²) in [4.78, 5) is 14.4. The van der Waals surface area contributed by atoms with Gasteiger partial charge >= 0.3 is 0 Å². The van der Waals surface area contributed by atoms with E-state index in [2.05, 4.69) is 11.9 Å². The number of carbonyl (C=O) groups is 1. The van der Waals surface area contributed by atoms with E-state index in [9.17, 15) is 4.79 Å². The maximum Gasteiger partial charge on any atom is 0.164 e. The molecule has 0 atom stereocenters. The molecule has 18 heavy (non-hydrogen) atoms. The highest BCUT2D eigenvalue weighted by Crippen LogP contribution is 2.26. The molecule has 1 aromatic rings. The van der Waals surface area contributed by atoms with E-state index in [4.69, 9.17) is 0 Å². The first-order valence-corrected chi connectivity index (χ1v) is 6.94. The maximum absolute atomic E-state index is 12.1. The Balaban J connectivity index is 1.79. The highest BCUT2D eigenvalue weighted by Gasteiger charge is 2.19. The number of hydrogen-bond acceptors (Lipinski definition) is 2. The van der Waals surface area contributed by atoms with Crippen LogP contribution in [0.5, 0.6) is 0 Å². The molecule has 0 unspecified atom stereocenters. The average molecular weight is 245 g/mol. The Morgan fingerprint density at radius 2 is 2.06 bits per heavy atom. The Labute approximate surface area is 110 Å². The molecular weight excluding hydrogens is 222 g/mol. The molecule has 2 heteroatoms. The number of aryl methyl sites for hydroxylation is 1. The van der Waals surface area contributed by atoms with Crippen molar-refractivity contribution in [1.29, 1.82) is 0 Å². The van der Waals surface area contributed by atoms with Crippen LogP contribution < -0.4 is 0 Å². The van der Waals surface area contributed by atoms with Crippen LogP contribution >= 0.6 is 0 Å². The van der Waals surface area contributed by atoms with Crippen LogP contribution in [0.1, 0.15) is 41.6 Å². The van der Waals surface area contributed by atoms with E-state index >= 15 is 0 Å². The second kappa shape index (κ2) is 6.14. The predicted octanol–water partition coefficient (Wildman–Crippen LogP) is 3.30. The zero-order chi connectivity index (χ0) is 13.0. The molecule has 0 aromatic heterocycles. The molecule has 1 fully saturated rings. The van der Waals surface area contributed by atoms with Crippen LogP contribution in [0.15, 0.2) is 24.3 Å². The Hall–Kier alpha value is -1.15. The third-order valence-electron chi connectivity index (χ3n) is 3.96. The van der Waals surface area contributed by atoms with Crippen LogP contribution in [0.2, 0.25) is 0 Å². The largest absolute Gasteiger partial charge is 0.306 e. The van der Waals surface area contributed by atoms with Crippen LogP contribution in [0.3, 0.4) is 0 Å². The normalized spacial score (nSPS) is 15.7. The first kappa shape index (κ1) is 13.3. The van der Waals surface area contributed by atoms with Gasteiger partial charge < -0.3 is 4.90 Å². The smallest absolute Gasteiger partial charge is 0.164 e. The molecule has 0 spiro atoms. The molecular formula is C16H23NO. The fraction of sp³-hybridized carbons (Fsp3) is 0.562. The molecule has 1 aliphatic rings. The number of rotatable bonds is 6. The Kier molecular flexibility index (Phi) is 4.54. The van der Waals surface area contributed by atoms with E-state index in [0.717, 1.165) is 30.1 Å². The van der Waals surface area contributed by atoms with Crippen LogP contribution in [-0.4, -0.2) is 30.8 Å². The minimum Gasteiger partial charge on any atom is -0.306 e. The van der Waals surface area contributed by atoms with Gasteiger partial charge in [0.2, 0.25) is 0 Å². The monoisotopic (exact) mass is 245 g/mol. The molecule has 2 nitrogen and oxygen atoms in total. The van der Waals surface area contributed by atoms with Crippen molar-refractivity contribution < 1.29 is 4.79 Å². The summed E-state index contributed by atoms with van der Waals surface area (Å²) in [6.45, 7) is 4.04. The summed E-state index contributed by atoms with van der Waals surface area (Å²) in [6.07, 6.45) is 4.76. The van der Waals surface area contributed by atoms with Crippen molar-refractivity contribution in [2.45, 2.75) is 32.6 Å². The molecule has 0 saturated heterocycles. The molecule has 0 bridgehead atoms. The van der Waals surface area contributed by atoms with Crippen molar-refractivity contribution in [3.8, 4) is 0 Å². The van der Waals surface area contributed by atoms with Gasteiger partial charge in [-0.15, -0.1) is 0 Å². The molecule has 0 aliphatic heterocycles. The second-order valence-electron chi connectivity index (χ2n) is 5.55. The number of hydrogen-bond donors (Lipinski definition) is 0. The van der Waals surface area contributed by atoms with Crippen molar-refractivity contribution in [2.75, 3.05) is 20.1 Å². The van der Waals surface area contributed by atoms with Gasteiger partial charge in [-0.25, -0.2) is 0 Å². The van der Waals surface area contributed by atoms with Crippen LogP contribution in [0, 0.1) is 12.8 Å². The fourth-order valence-corrected chi connectivity index (χ4v) is 2.52. The molecule has 1 aromatic carbocycles. The molecule has 1 aliphatic carbocycles. The first-order valence-electron chi connectivity index (χ1n) is 6.94. The van der Waals surface area contributed by atoms with Gasteiger partial charge in [0.25, 0.3) is 0 Å². The van der Waals surface area contributed by atoms with Gasteiger partial charge in [-0.3, -0.25) is 4.79 Å². The minimum absolute atomic E-state index is 0.272. The number of nitrogens with zero attached hydrogens (tertiary/aromatic N) is 1. The van der Waals surface area contributed by atoms with Crippen molar-refractivity contribution in [3.05, 3.63) is 35.4 Å². The summed E-state index contributed by atoms with van der Waals surface area (Å²) in [6, 6.07) is 7.86. The Morgan fingerprint density at radius 1 is 1.33 bits per heavy atom. The highest BCUT2D eigenvalue weighted by atomic mass is 16.1. The Morgan fingerprint density at radius 3 is 2.67 bits per heavy atom. The zero-order valence-corrected chi connectivity index (χ0v) is 11.5. The lowest BCUT2D eigenvalue weighted by Crippen LogP contribution is -2.31. The van der Waals surface area contributed by atoms with Gasteiger partial charge in [-0.05, 0) is 38.3 Å². The predicted molar refractivity (Wildman–Crippen MR) is 75.0 cm³/mol. The standard InChI is InChI=1S/C16H23NO/c1-13-6-3-4-9-15(13)16(18)10-11-17(2)12-14-7-5-8-14/h3-4,6,9,14H,5,7-8,10-12H2,1-2H3. The fourth-order valence-electron chi connectivity index (χ4n) is 2.52. The molecule has 2 rings (SSSR count). The molecule has 0 N–H and O–H groups in total. The second-order valence-corrected chi connectivity index (χ2v) is 5.55. The summed E-state index contributed by atoms with van der Waals surface area (Å²) >= 11 is 0. The van der Waals surface area contributed by atoms with E-state index in [0.29, 0.717) is 6.42 Å². The van der Waals surface area contributed by atoms with E-state index in [1.165, 1.54) is 19.3 Å². The third-order valence-corrected chi connectivity index (χ3v) is 3.96. The molecule has 0 amide bonds. The zero-order valence-electron chi connectivity index (χ0n) is 11.5. The summed E-state index contributed by atoms with van der Waals surface area (Å²) in [5, 5.41) is 0. The lowest BCUT2D eigenvalue weighted by molar-refractivity contribution is 0.0961. The summed E-state index contributed by atoms with van der Waals surface area (Å²) < 4.78 is 0. The number of carbonyl (C=O) groups excluding carboxylic acids is 1. The van der Waals surface area contributed by atoms with Gasteiger partial charge in [0.1, 0.15) is 0 Å². The average Bonchev–Trinajstić information content (AvgIpc) is 2.31. The van der Waals surface area contributed by atoms with Gasteiger partial charge in [0.05, 0.1) is 0 Å². The van der Waals surface area contributed by atoms with Gasteiger partial charge in [-0.2, -0.15) is 0 Å². The number of benzene rings is 1. The quantitative estimate of drug-likeness (QED) is 0.717. The molecule has 98 valence electrons. The van der Waals surface area contributed by atoms with Crippen molar-refractivity contribution in [1.82, 2.24) is 4.90 Å². The first-order chi connectivity index (χ1) is 8.66. The molecule has 1 saturated carbocycles. The third kappa shape index (κ3) is 3.42. The van der Waals surface area contributed by atoms with Gasteiger partial charge in [0.15, 0.2) is 5.78 Å². The minimum atomic E-state index is 0.272. The number of ketones is 1. The van der Waals surface area contributed by atoms with Crippen molar-refractivity contribution >= 4 is 5.78 Å². The van der Waals surface area contributed by atoms with E-state index in [1.54, 1.807) is 0 Å². The Bertz CT molecular complexity index is 409. The van der Waals surface area contributed by atoms with Crippen LogP contribution in [-0.2, 0) is 0 Å². The maximum atomic E-state index is 12.1. The van der Waals surface area contributed by atoms with Crippen LogP contribution in [0.25, 0.3) is 0 Å². The van der Waals surface area contributed by atoms with E-state index < -0.39 is 0 Å². The van der Waals surface area contributed by atoms with E-state index in [1.807, 2.05) is 31.2 Å². The highest BCUT2D eigenvalue weighted by molar-refractivity contribution is 5.97. The number of Topliss-reactive ketones (excluding diaryl/α,β-unsaturated/α-hetero) is 1. The van der Waals surface area contributed by atoms with E-state index in [-0.39, 0.29) is 5.78 Å². The summed E-state index contributed by atoms with van der Waals surface area (Å²) in [7, 11) is 2.13. The van der Waals surface area contributed by atoms with Gasteiger partial charge in [0, 0.05) is 25.1 Å². The van der Waals surface area contributed by atoms with Crippen LogP contribution in [0.4, 0.5) is 0 Å². The SMILES string of the molecule is Cc1ccccc1C(=O)CCN(C)CC1CCC1. The lowest BCUT2D eigenvalue weighted by atomic mass is 9.85. The summed E-state index contributed by atoms with van der Waals surface area (Å²) in [5.74, 6) is 1.15. The van der Waals surface area contributed by atoms with Crippen molar-refractivity contribution in [2.24, 2.45) is 5.92 Å². The molecule has 0 heterocycles. The lowest BCUT2D eigenvalue weighted by Gasteiger charge is -2.30. The van der Waals surface area contributed by atoms with Crippen molar-refractivity contribution in [3.63, 3.8) is 0 Å². The van der Waals surface area contributed by atoms with Gasteiger partial charge in [-0.1, -0.05) is 30.7 Å². The topological polar surface area (TPSA) is 20.3 Å². The summed E-state index contributed by atoms with van der Waals surface area (Å²) in [5.41, 5.74) is 1.97.